The van der Waals surface area contributed by atoms with Gasteiger partial charge in [-0.1, -0.05) is 35.9 Å². The van der Waals surface area contributed by atoms with Crippen LogP contribution in [0.2, 0.25) is 5.02 Å². The van der Waals surface area contributed by atoms with Crippen LogP contribution in [0.3, 0.4) is 0 Å². The molecular formula is C22H18ClN3O3S. The van der Waals surface area contributed by atoms with E-state index in [1.807, 2.05) is 54.6 Å². The van der Waals surface area contributed by atoms with Gasteiger partial charge in [-0.15, -0.1) is 0 Å². The fourth-order valence-electron chi connectivity index (χ4n) is 3.10. The summed E-state index contributed by atoms with van der Waals surface area (Å²) in [6, 6.07) is 23.3. The molecule has 30 heavy (non-hydrogen) atoms. The molecule has 2 N–H and O–H groups in total. The molecule has 0 radical (unpaired) electrons. The predicted molar refractivity (Wildman–Crippen MR) is 117 cm³/mol. The molecule has 0 bridgehead atoms. The fourth-order valence-corrected chi connectivity index (χ4v) is 3.75. The van der Waals surface area contributed by atoms with E-state index in [1.165, 1.54) is 12.1 Å². The van der Waals surface area contributed by atoms with Gasteiger partial charge in [-0.05, 0) is 54.6 Å². The van der Waals surface area contributed by atoms with Crippen molar-refractivity contribution in [2.75, 3.05) is 7.11 Å². The van der Waals surface area contributed by atoms with E-state index in [2.05, 4.69) is 0 Å². The van der Waals surface area contributed by atoms with Crippen LogP contribution >= 0.6 is 11.6 Å². The van der Waals surface area contributed by atoms with Crippen molar-refractivity contribution in [2.24, 2.45) is 5.14 Å². The number of nitrogens with zero attached hydrogens (tertiary/aromatic N) is 2. The van der Waals surface area contributed by atoms with E-state index in [0.29, 0.717) is 10.7 Å². The maximum atomic E-state index is 11.6. The zero-order valence-corrected chi connectivity index (χ0v) is 17.6. The summed E-state index contributed by atoms with van der Waals surface area (Å²) in [4.78, 5) is 0.0410. The quantitative estimate of drug-likeness (QED) is 0.495. The smallest absolute Gasteiger partial charge is 0.238 e. The Balaban J connectivity index is 1.88. The first-order valence-electron chi connectivity index (χ1n) is 8.99. The van der Waals surface area contributed by atoms with Gasteiger partial charge in [-0.25, -0.2) is 18.2 Å². The molecule has 0 aliphatic rings. The molecule has 0 aliphatic carbocycles. The minimum atomic E-state index is -3.77. The Bertz CT molecular complexity index is 1300. The van der Waals surface area contributed by atoms with Crippen molar-refractivity contribution in [2.45, 2.75) is 4.90 Å². The van der Waals surface area contributed by atoms with E-state index < -0.39 is 10.0 Å². The zero-order chi connectivity index (χ0) is 21.3. The first-order valence-corrected chi connectivity index (χ1v) is 10.9. The first-order chi connectivity index (χ1) is 14.3. The van der Waals surface area contributed by atoms with Gasteiger partial charge < -0.3 is 4.74 Å². The molecule has 0 atom stereocenters. The highest BCUT2D eigenvalue weighted by atomic mass is 35.5. The van der Waals surface area contributed by atoms with Crippen LogP contribution in [0.5, 0.6) is 5.75 Å². The summed E-state index contributed by atoms with van der Waals surface area (Å²) in [5.74, 6) is 0.720. The van der Waals surface area contributed by atoms with Crippen molar-refractivity contribution < 1.29 is 13.2 Å². The average molecular weight is 440 g/mol. The van der Waals surface area contributed by atoms with Gasteiger partial charge in [0.1, 0.15) is 5.75 Å². The van der Waals surface area contributed by atoms with E-state index in [-0.39, 0.29) is 4.90 Å². The van der Waals surface area contributed by atoms with Crippen LogP contribution in [0.4, 0.5) is 0 Å². The molecule has 3 aromatic carbocycles. The van der Waals surface area contributed by atoms with Gasteiger partial charge in [-0.2, -0.15) is 5.10 Å². The molecule has 4 aromatic rings. The highest BCUT2D eigenvalue weighted by Crippen LogP contribution is 2.31. The summed E-state index contributed by atoms with van der Waals surface area (Å²) >= 11 is 6.01. The predicted octanol–water partition coefficient (Wildman–Crippen LogP) is 4.52. The molecule has 1 heterocycles. The van der Waals surface area contributed by atoms with Crippen LogP contribution in [0, 0.1) is 0 Å². The van der Waals surface area contributed by atoms with Crippen molar-refractivity contribution >= 4 is 21.6 Å². The maximum absolute atomic E-state index is 11.6. The molecule has 0 saturated carbocycles. The number of primary sulfonamides is 1. The Morgan fingerprint density at radius 3 is 2.27 bits per heavy atom. The standard InChI is InChI=1S/C22H18ClN3O3S/c1-29-19-4-2-3-16(13-19)22-14-21(15-5-7-17(23)8-6-15)25-26(22)18-9-11-20(12-10-18)30(24,27)28/h2-14H,1H3,(H2,24,27,28). The van der Waals surface area contributed by atoms with Crippen LogP contribution < -0.4 is 9.88 Å². The molecule has 0 amide bonds. The summed E-state index contributed by atoms with van der Waals surface area (Å²) < 4.78 is 30.3. The van der Waals surface area contributed by atoms with Gasteiger partial charge >= 0.3 is 0 Å². The van der Waals surface area contributed by atoms with Gasteiger partial charge in [0.05, 0.1) is 29.1 Å². The summed E-state index contributed by atoms with van der Waals surface area (Å²) in [7, 11) is -2.16. The number of methoxy groups -OCH3 is 1. The van der Waals surface area contributed by atoms with E-state index in [4.69, 9.17) is 26.6 Å². The van der Waals surface area contributed by atoms with Crippen LogP contribution in [-0.4, -0.2) is 25.3 Å². The number of hydrogen-bond donors (Lipinski definition) is 1. The highest BCUT2D eigenvalue weighted by molar-refractivity contribution is 7.89. The average Bonchev–Trinajstić information content (AvgIpc) is 3.19. The fraction of sp³-hybridized carbons (Fsp3) is 0.0455. The van der Waals surface area contributed by atoms with Crippen LogP contribution in [0.1, 0.15) is 0 Å². The number of halogens is 1. The number of benzene rings is 3. The highest BCUT2D eigenvalue weighted by Gasteiger charge is 2.15. The van der Waals surface area contributed by atoms with Gasteiger partial charge in [0, 0.05) is 16.1 Å². The lowest BCUT2D eigenvalue weighted by Gasteiger charge is -2.09. The molecule has 152 valence electrons. The summed E-state index contributed by atoms with van der Waals surface area (Å²) in [5, 5.41) is 10.6. The van der Waals surface area contributed by atoms with Crippen LogP contribution in [0.25, 0.3) is 28.2 Å². The Hall–Kier alpha value is -3.13. The SMILES string of the molecule is COc1cccc(-c2cc(-c3ccc(Cl)cc3)nn2-c2ccc(S(N)(=O)=O)cc2)c1. The maximum Gasteiger partial charge on any atom is 0.238 e. The number of hydrogen-bond acceptors (Lipinski definition) is 4. The third-order valence-electron chi connectivity index (χ3n) is 4.62. The van der Waals surface area contributed by atoms with Crippen molar-refractivity contribution in [3.8, 4) is 34.0 Å². The molecule has 0 spiro atoms. The Morgan fingerprint density at radius 2 is 1.63 bits per heavy atom. The topological polar surface area (TPSA) is 87.2 Å². The second-order valence-electron chi connectivity index (χ2n) is 6.60. The zero-order valence-electron chi connectivity index (χ0n) is 16.0. The van der Waals surface area contributed by atoms with Crippen molar-refractivity contribution in [1.29, 1.82) is 0 Å². The number of sulfonamides is 1. The van der Waals surface area contributed by atoms with E-state index >= 15 is 0 Å². The summed E-state index contributed by atoms with van der Waals surface area (Å²) in [5.41, 5.74) is 4.07. The second kappa shape index (κ2) is 7.95. The van der Waals surface area contributed by atoms with Crippen molar-refractivity contribution in [3.63, 3.8) is 0 Å². The second-order valence-corrected chi connectivity index (χ2v) is 8.60. The number of ether oxygens (including phenoxy) is 1. The van der Waals surface area contributed by atoms with Gasteiger partial charge in [0.2, 0.25) is 10.0 Å². The number of nitrogens with two attached hydrogens (primary N) is 1. The molecule has 0 unspecified atom stereocenters. The normalized spacial score (nSPS) is 11.4. The molecule has 4 rings (SSSR count). The van der Waals surface area contributed by atoms with Gasteiger partial charge in [-0.3, -0.25) is 0 Å². The Labute approximate surface area is 179 Å². The van der Waals surface area contributed by atoms with Crippen molar-refractivity contribution in [1.82, 2.24) is 9.78 Å². The lowest BCUT2D eigenvalue weighted by molar-refractivity contribution is 0.415. The molecule has 1 aromatic heterocycles. The van der Waals surface area contributed by atoms with E-state index in [1.54, 1.807) is 23.9 Å². The van der Waals surface area contributed by atoms with Crippen LogP contribution in [0.15, 0.2) is 83.8 Å². The van der Waals surface area contributed by atoms with Gasteiger partial charge in [0.25, 0.3) is 0 Å². The molecule has 0 saturated heterocycles. The van der Waals surface area contributed by atoms with Gasteiger partial charge in [0.15, 0.2) is 0 Å². The molecular weight excluding hydrogens is 422 g/mol. The van der Waals surface area contributed by atoms with Crippen molar-refractivity contribution in [3.05, 3.63) is 83.9 Å². The lowest BCUT2D eigenvalue weighted by atomic mass is 10.1. The summed E-state index contributed by atoms with van der Waals surface area (Å²) in [6.07, 6.45) is 0. The summed E-state index contributed by atoms with van der Waals surface area (Å²) in [6.45, 7) is 0. The molecule has 0 fully saturated rings. The largest absolute Gasteiger partial charge is 0.497 e. The Morgan fingerprint density at radius 1 is 0.933 bits per heavy atom. The third kappa shape index (κ3) is 4.09. The lowest BCUT2D eigenvalue weighted by Crippen LogP contribution is -2.12. The molecule has 0 aliphatic heterocycles. The minimum Gasteiger partial charge on any atom is -0.497 e. The molecule has 8 heteroatoms. The molecule has 6 nitrogen and oxygen atoms in total. The number of rotatable bonds is 5. The van der Waals surface area contributed by atoms with E-state index in [9.17, 15) is 8.42 Å². The van der Waals surface area contributed by atoms with Crippen LogP contribution in [-0.2, 0) is 10.0 Å². The third-order valence-corrected chi connectivity index (χ3v) is 5.81. The minimum absolute atomic E-state index is 0.0410. The van der Waals surface area contributed by atoms with E-state index in [0.717, 1.165) is 28.3 Å². The number of aromatic nitrogens is 2. The monoisotopic (exact) mass is 439 g/mol. The Kier molecular flexibility index (Phi) is 5.34. The first kappa shape index (κ1) is 20.2.